The number of aryl methyl sites for hydroxylation is 1. The van der Waals surface area contributed by atoms with E-state index in [2.05, 4.69) is 0 Å². The van der Waals surface area contributed by atoms with E-state index in [0.717, 1.165) is 12.0 Å². The quantitative estimate of drug-likeness (QED) is 0.488. The monoisotopic (exact) mass is 242 g/mol. The predicted octanol–water partition coefficient (Wildman–Crippen LogP) is 4.86. The zero-order chi connectivity index (χ0) is 9.30. The fraction of sp³-hybridized carbons (Fsp3) is 0.250. The second-order valence-electron chi connectivity index (χ2n) is 2.31. The molecule has 0 bridgehead atoms. The van der Waals surface area contributed by atoms with Crippen molar-refractivity contribution in [1.82, 2.24) is 0 Å². The van der Waals surface area contributed by atoms with E-state index in [1.807, 2.05) is 6.92 Å². The molecule has 4 heteroatoms. The largest absolute Gasteiger partial charge is 0.0826 e. The van der Waals surface area contributed by atoms with Gasteiger partial charge >= 0.3 is 0 Å². The third-order valence-electron chi connectivity index (χ3n) is 1.56. The van der Waals surface area contributed by atoms with Crippen molar-refractivity contribution in [2.24, 2.45) is 0 Å². The van der Waals surface area contributed by atoms with Crippen LogP contribution in [-0.2, 0) is 6.42 Å². The lowest BCUT2D eigenvalue weighted by Gasteiger charge is -2.06. The molecule has 0 aliphatic carbocycles. The van der Waals surface area contributed by atoms with Gasteiger partial charge in [-0.2, -0.15) is 0 Å². The molecule has 0 radical (unpaired) electrons. The highest BCUT2D eigenvalue weighted by Crippen LogP contribution is 2.38. The lowest BCUT2D eigenvalue weighted by molar-refractivity contribution is 1.14. The Bertz CT molecular complexity index is 306. The van der Waals surface area contributed by atoms with Crippen molar-refractivity contribution in [3.8, 4) is 0 Å². The second kappa shape index (κ2) is 4.06. The van der Waals surface area contributed by atoms with Gasteiger partial charge in [-0.1, -0.05) is 53.3 Å². The fourth-order valence-corrected chi connectivity index (χ4v) is 1.86. The molecule has 0 fully saturated rings. The van der Waals surface area contributed by atoms with Crippen LogP contribution in [-0.4, -0.2) is 0 Å². The van der Waals surface area contributed by atoms with Crippen LogP contribution in [0.2, 0.25) is 20.1 Å². The van der Waals surface area contributed by atoms with Gasteiger partial charge in [-0.05, 0) is 18.1 Å². The second-order valence-corrected chi connectivity index (χ2v) is 3.85. The first-order valence-corrected chi connectivity index (χ1v) is 4.91. The van der Waals surface area contributed by atoms with Crippen LogP contribution >= 0.6 is 46.4 Å². The third kappa shape index (κ3) is 1.82. The van der Waals surface area contributed by atoms with Crippen molar-refractivity contribution < 1.29 is 0 Å². The molecule has 66 valence electrons. The topological polar surface area (TPSA) is 0 Å². The summed E-state index contributed by atoms with van der Waals surface area (Å²) in [7, 11) is 0. The Kier molecular flexibility index (Phi) is 3.54. The van der Waals surface area contributed by atoms with Gasteiger partial charge in [0.25, 0.3) is 0 Å². The number of hydrogen-bond donors (Lipinski definition) is 0. The maximum Gasteiger partial charge on any atom is 0.0796 e. The Labute approximate surface area is 91.4 Å². The molecule has 0 aliphatic heterocycles. The summed E-state index contributed by atoms with van der Waals surface area (Å²) in [5, 5.41) is 1.60. The molecule has 0 amide bonds. The molecule has 0 aromatic heterocycles. The number of benzene rings is 1. The van der Waals surface area contributed by atoms with Gasteiger partial charge in [-0.15, -0.1) is 0 Å². The molecule has 0 nitrogen and oxygen atoms in total. The molecule has 0 atom stereocenters. The summed E-state index contributed by atoms with van der Waals surface area (Å²) < 4.78 is 0. The highest BCUT2D eigenvalue weighted by Gasteiger charge is 2.11. The standard InChI is InChI=1S/C8H6Cl4/c1-2-4-3-5(9)7(11)8(12)6(4)10/h3H,2H2,1H3. The molecule has 0 heterocycles. The van der Waals surface area contributed by atoms with E-state index in [-0.39, 0.29) is 0 Å². The molecule has 0 unspecified atom stereocenters. The lowest BCUT2D eigenvalue weighted by atomic mass is 10.2. The van der Waals surface area contributed by atoms with Crippen LogP contribution in [0.15, 0.2) is 6.07 Å². The Morgan fingerprint density at radius 3 is 2.08 bits per heavy atom. The maximum atomic E-state index is 5.90. The van der Waals surface area contributed by atoms with Crippen molar-refractivity contribution in [3.63, 3.8) is 0 Å². The number of halogens is 4. The van der Waals surface area contributed by atoms with E-state index in [0.29, 0.717) is 20.1 Å². The van der Waals surface area contributed by atoms with Gasteiger partial charge in [-0.25, -0.2) is 0 Å². The van der Waals surface area contributed by atoms with Crippen molar-refractivity contribution in [2.75, 3.05) is 0 Å². The van der Waals surface area contributed by atoms with Crippen LogP contribution < -0.4 is 0 Å². The summed E-state index contributed by atoms with van der Waals surface area (Å²) >= 11 is 23.3. The van der Waals surface area contributed by atoms with E-state index in [1.165, 1.54) is 0 Å². The first-order chi connectivity index (χ1) is 5.57. The Hall–Kier alpha value is 0.380. The SMILES string of the molecule is CCc1cc(Cl)c(Cl)c(Cl)c1Cl. The molecule has 1 aromatic rings. The minimum atomic E-state index is 0.320. The molecule has 12 heavy (non-hydrogen) atoms. The number of hydrogen-bond acceptors (Lipinski definition) is 0. The molecule has 1 rings (SSSR count). The molecule has 0 spiro atoms. The molecule has 0 N–H and O–H groups in total. The molecule has 0 saturated carbocycles. The minimum Gasteiger partial charge on any atom is -0.0826 e. The summed E-state index contributed by atoms with van der Waals surface area (Å²) in [6.45, 7) is 1.97. The first-order valence-electron chi connectivity index (χ1n) is 3.39. The molecule has 0 saturated heterocycles. The smallest absolute Gasteiger partial charge is 0.0796 e. The number of rotatable bonds is 1. The van der Waals surface area contributed by atoms with Crippen molar-refractivity contribution in [1.29, 1.82) is 0 Å². The highest BCUT2D eigenvalue weighted by atomic mass is 35.5. The maximum absolute atomic E-state index is 5.90. The molecular weight excluding hydrogens is 238 g/mol. The summed E-state index contributed by atoms with van der Waals surface area (Å²) in [6.07, 6.45) is 0.787. The predicted molar refractivity (Wildman–Crippen MR) is 55.9 cm³/mol. The summed E-state index contributed by atoms with van der Waals surface area (Å²) in [4.78, 5) is 0. The fourth-order valence-electron chi connectivity index (χ4n) is 0.879. The zero-order valence-electron chi connectivity index (χ0n) is 6.30. The van der Waals surface area contributed by atoms with E-state index in [4.69, 9.17) is 46.4 Å². The normalized spacial score (nSPS) is 10.4. The van der Waals surface area contributed by atoms with Crippen LogP contribution in [0.25, 0.3) is 0 Å². The Morgan fingerprint density at radius 1 is 1.00 bits per heavy atom. The van der Waals surface area contributed by atoms with Gasteiger partial charge in [0, 0.05) is 0 Å². The third-order valence-corrected chi connectivity index (χ3v) is 3.35. The van der Waals surface area contributed by atoms with Crippen LogP contribution in [0, 0.1) is 0 Å². The molecule has 0 aliphatic rings. The van der Waals surface area contributed by atoms with Crippen LogP contribution in [0.3, 0.4) is 0 Å². The summed E-state index contributed by atoms with van der Waals surface area (Å²) in [6, 6.07) is 1.73. The minimum absolute atomic E-state index is 0.320. The van der Waals surface area contributed by atoms with Gasteiger partial charge in [0.1, 0.15) is 0 Å². The molecule has 1 aromatic carbocycles. The molecular formula is C8H6Cl4. The Balaban J connectivity index is 3.39. The van der Waals surface area contributed by atoms with E-state index < -0.39 is 0 Å². The van der Waals surface area contributed by atoms with E-state index in [9.17, 15) is 0 Å². The zero-order valence-corrected chi connectivity index (χ0v) is 9.32. The Morgan fingerprint density at radius 2 is 1.58 bits per heavy atom. The average molecular weight is 244 g/mol. The first kappa shape index (κ1) is 10.5. The van der Waals surface area contributed by atoms with Gasteiger partial charge in [0.15, 0.2) is 0 Å². The summed E-state index contributed by atoms with van der Waals surface area (Å²) in [5.41, 5.74) is 0.913. The van der Waals surface area contributed by atoms with Gasteiger partial charge in [0.2, 0.25) is 0 Å². The van der Waals surface area contributed by atoms with Crippen LogP contribution in [0.4, 0.5) is 0 Å². The van der Waals surface area contributed by atoms with Crippen LogP contribution in [0.1, 0.15) is 12.5 Å². The van der Waals surface area contributed by atoms with Crippen molar-refractivity contribution >= 4 is 46.4 Å². The summed E-state index contributed by atoms with van der Waals surface area (Å²) in [5.74, 6) is 0. The van der Waals surface area contributed by atoms with E-state index in [1.54, 1.807) is 6.07 Å². The van der Waals surface area contributed by atoms with E-state index >= 15 is 0 Å². The average Bonchev–Trinajstić information content (AvgIpc) is 2.08. The van der Waals surface area contributed by atoms with Crippen molar-refractivity contribution in [2.45, 2.75) is 13.3 Å². The van der Waals surface area contributed by atoms with Gasteiger partial charge in [0.05, 0.1) is 20.1 Å². The van der Waals surface area contributed by atoms with Crippen molar-refractivity contribution in [3.05, 3.63) is 31.7 Å². The van der Waals surface area contributed by atoms with Crippen LogP contribution in [0.5, 0.6) is 0 Å². The van der Waals surface area contributed by atoms with Gasteiger partial charge in [-0.3, -0.25) is 0 Å². The highest BCUT2D eigenvalue weighted by molar-refractivity contribution is 6.51. The van der Waals surface area contributed by atoms with Gasteiger partial charge < -0.3 is 0 Å². The lowest BCUT2D eigenvalue weighted by Crippen LogP contribution is -1.85.